The Balaban J connectivity index is 2.82. The number of hydrogen-bond donors (Lipinski definition) is 3. The van der Waals surface area contributed by atoms with Crippen molar-refractivity contribution in [1.82, 2.24) is 14.7 Å². The third kappa shape index (κ3) is 5.76. The van der Waals surface area contributed by atoms with Crippen LogP contribution in [0.4, 0.5) is 5.95 Å². The van der Waals surface area contributed by atoms with Gasteiger partial charge in [0.1, 0.15) is 10.7 Å². The number of aromatic nitrogens is 2. The van der Waals surface area contributed by atoms with Crippen molar-refractivity contribution in [1.29, 1.82) is 0 Å². The molecule has 1 rings (SSSR count). The molecule has 1 aromatic heterocycles. The maximum absolute atomic E-state index is 11.3. The smallest absolute Gasteiger partial charge is 0.223 e. The number of rotatable bonds is 6. The molecule has 4 N–H and O–H groups in total. The summed E-state index contributed by atoms with van der Waals surface area (Å²) in [6.45, 7) is 5.63. The topological polar surface area (TPSA) is 110 Å². The quantitative estimate of drug-likeness (QED) is 0.641. The average Bonchev–Trinajstić information content (AvgIpc) is 2.22. The Morgan fingerprint density at radius 3 is 2.55 bits per heavy atom. The van der Waals surface area contributed by atoms with E-state index >= 15 is 0 Å². The van der Waals surface area contributed by atoms with Crippen LogP contribution in [0.15, 0.2) is 6.07 Å². The molecule has 0 aliphatic heterocycles. The summed E-state index contributed by atoms with van der Waals surface area (Å²) in [5.41, 5.74) is 6.06. The molecule has 0 fully saturated rings. The van der Waals surface area contributed by atoms with E-state index in [1.807, 2.05) is 0 Å². The molecule has 0 aliphatic rings. The van der Waals surface area contributed by atoms with Crippen molar-refractivity contribution in [2.45, 2.75) is 26.3 Å². The van der Waals surface area contributed by atoms with E-state index < -0.39 is 15.6 Å². The van der Waals surface area contributed by atoms with Gasteiger partial charge in [0.15, 0.2) is 0 Å². The van der Waals surface area contributed by atoms with E-state index in [4.69, 9.17) is 18.0 Å². The number of aryl methyl sites for hydroxylation is 1. The number of nitrogens with two attached hydrogens (primary N) is 1. The molecule has 0 bridgehead atoms. The van der Waals surface area contributed by atoms with Crippen LogP contribution in [-0.4, -0.2) is 41.7 Å². The molecule has 1 heterocycles. The van der Waals surface area contributed by atoms with E-state index in [0.29, 0.717) is 18.2 Å². The minimum Gasteiger partial charge on any atom is -0.388 e. The lowest BCUT2D eigenvalue weighted by Crippen LogP contribution is -2.48. The number of anilines is 1. The van der Waals surface area contributed by atoms with Crippen LogP contribution in [0.5, 0.6) is 0 Å². The van der Waals surface area contributed by atoms with Crippen molar-refractivity contribution in [2.75, 3.05) is 18.1 Å². The summed E-state index contributed by atoms with van der Waals surface area (Å²) in [6, 6.07) is 1.69. The molecule has 0 amide bonds. The monoisotopic (exact) mass is 317 g/mol. The Hall–Kier alpha value is -1.32. The lowest BCUT2D eigenvalue weighted by atomic mass is 10.1. The molecular weight excluding hydrogens is 298 g/mol. The van der Waals surface area contributed by atoms with Crippen LogP contribution in [-0.2, 0) is 10.0 Å². The first-order valence-corrected chi connectivity index (χ1v) is 8.17. The van der Waals surface area contributed by atoms with Crippen LogP contribution in [0, 0.1) is 6.92 Å². The molecule has 0 radical (unpaired) electrons. The molecule has 112 valence electrons. The fourth-order valence-corrected chi connectivity index (χ4v) is 2.79. The van der Waals surface area contributed by atoms with Gasteiger partial charge in [-0.2, -0.15) is 0 Å². The highest BCUT2D eigenvalue weighted by Crippen LogP contribution is 2.08. The summed E-state index contributed by atoms with van der Waals surface area (Å²) in [4.78, 5) is 8.56. The Kier molecular flexibility index (Phi) is 5.00. The number of thiocarbonyl (C=S) groups is 1. The van der Waals surface area contributed by atoms with E-state index in [-0.39, 0.29) is 4.99 Å². The standard InChI is InChI=1S/C11H19N5O2S2/c1-7-5-8(9(12)19)15-10(14-7)13-6-11(2,3)16-20(4,17)18/h5,16H,6H2,1-4H3,(H2,12,19)(H,13,14,15). The SMILES string of the molecule is Cc1cc(C(N)=S)nc(NCC(C)(C)NS(C)(=O)=O)n1. The van der Waals surface area contributed by atoms with Crippen molar-refractivity contribution >= 4 is 33.2 Å². The van der Waals surface area contributed by atoms with E-state index in [0.717, 1.165) is 11.9 Å². The van der Waals surface area contributed by atoms with Crippen molar-refractivity contribution < 1.29 is 8.42 Å². The molecule has 20 heavy (non-hydrogen) atoms. The van der Waals surface area contributed by atoms with Gasteiger partial charge in [-0.15, -0.1) is 0 Å². The zero-order valence-corrected chi connectivity index (χ0v) is 13.5. The van der Waals surface area contributed by atoms with Gasteiger partial charge in [-0.25, -0.2) is 23.1 Å². The van der Waals surface area contributed by atoms with Crippen molar-refractivity contribution in [3.8, 4) is 0 Å². The summed E-state index contributed by atoms with van der Waals surface area (Å²) in [5, 5.41) is 2.98. The molecule has 0 spiro atoms. The molecule has 7 nitrogen and oxygen atoms in total. The second-order valence-electron chi connectivity index (χ2n) is 5.19. The highest BCUT2D eigenvalue weighted by Gasteiger charge is 2.22. The highest BCUT2D eigenvalue weighted by molar-refractivity contribution is 7.88. The highest BCUT2D eigenvalue weighted by atomic mass is 32.2. The Bertz CT molecular complexity index is 613. The number of sulfonamides is 1. The van der Waals surface area contributed by atoms with Gasteiger partial charge in [0.25, 0.3) is 0 Å². The first-order valence-electron chi connectivity index (χ1n) is 5.87. The average molecular weight is 317 g/mol. The summed E-state index contributed by atoms with van der Waals surface area (Å²) in [7, 11) is -3.29. The van der Waals surface area contributed by atoms with Gasteiger partial charge in [0, 0.05) is 17.8 Å². The van der Waals surface area contributed by atoms with Gasteiger partial charge in [0.2, 0.25) is 16.0 Å². The molecule has 0 saturated heterocycles. The van der Waals surface area contributed by atoms with Gasteiger partial charge in [-0.05, 0) is 26.8 Å². The molecule has 1 aromatic rings. The lowest BCUT2D eigenvalue weighted by Gasteiger charge is -2.25. The maximum Gasteiger partial charge on any atom is 0.223 e. The number of nitrogens with one attached hydrogen (secondary N) is 2. The molecule has 0 aliphatic carbocycles. The van der Waals surface area contributed by atoms with E-state index in [1.54, 1.807) is 26.8 Å². The maximum atomic E-state index is 11.3. The Morgan fingerprint density at radius 2 is 2.05 bits per heavy atom. The van der Waals surface area contributed by atoms with Gasteiger partial charge in [-0.3, -0.25) is 0 Å². The van der Waals surface area contributed by atoms with Crippen molar-refractivity contribution in [3.63, 3.8) is 0 Å². The molecule has 0 atom stereocenters. The van der Waals surface area contributed by atoms with E-state index in [2.05, 4.69) is 20.0 Å². The predicted octanol–water partition coefficient (Wildman–Crippen LogP) is 0.159. The third-order valence-electron chi connectivity index (χ3n) is 2.26. The fourth-order valence-electron chi connectivity index (χ4n) is 1.61. The van der Waals surface area contributed by atoms with Gasteiger partial charge in [-0.1, -0.05) is 12.2 Å². The zero-order valence-electron chi connectivity index (χ0n) is 11.9. The van der Waals surface area contributed by atoms with Crippen LogP contribution in [0.1, 0.15) is 25.2 Å². The predicted molar refractivity (Wildman–Crippen MR) is 83.2 cm³/mol. The second-order valence-corrected chi connectivity index (χ2v) is 7.38. The first kappa shape index (κ1) is 16.7. The van der Waals surface area contributed by atoms with Gasteiger partial charge >= 0.3 is 0 Å². The van der Waals surface area contributed by atoms with Gasteiger partial charge in [0.05, 0.1) is 6.26 Å². The van der Waals surface area contributed by atoms with Crippen LogP contribution < -0.4 is 15.8 Å². The normalized spacial score (nSPS) is 12.2. The fraction of sp³-hybridized carbons (Fsp3) is 0.545. The lowest BCUT2D eigenvalue weighted by molar-refractivity contribution is 0.475. The van der Waals surface area contributed by atoms with Gasteiger partial charge < -0.3 is 11.1 Å². The molecule has 0 unspecified atom stereocenters. The van der Waals surface area contributed by atoms with E-state index in [1.165, 1.54) is 0 Å². The van der Waals surface area contributed by atoms with Crippen LogP contribution in [0.3, 0.4) is 0 Å². The molecule has 0 saturated carbocycles. The summed E-state index contributed by atoms with van der Waals surface area (Å²) in [6.07, 6.45) is 1.11. The first-order chi connectivity index (χ1) is 8.98. The molecular formula is C11H19N5O2S2. The third-order valence-corrected chi connectivity index (χ3v) is 3.39. The zero-order chi connectivity index (χ0) is 15.6. The van der Waals surface area contributed by atoms with Crippen molar-refractivity contribution in [2.24, 2.45) is 5.73 Å². The minimum atomic E-state index is -3.29. The largest absolute Gasteiger partial charge is 0.388 e. The summed E-state index contributed by atoms with van der Waals surface area (Å²) in [5.74, 6) is 0.358. The van der Waals surface area contributed by atoms with E-state index in [9.17, 15) is 8.42 Å². The Morgan fingerprint density at radius 1 is 1.45 bits per heavy atom. The summed E-state index contributed by atoms with van der Waals surface area (Å²) >= 11 is 4.88. The number of hydrogen-bond acceptors (Lipinski definition) is 6. The van der Waals surface area contributed by atoms with Crippen LogP contribution in [0.2, 0.25) is 0 Å². The number of nitrogens with zero attached hydrogens (tertiary/aromatic N) is 2. The second kappa shape index (κ2) is 5.98. The molecule has 9 heteroatoms. The van der Waals surface area contributed by atoms with Crippen molar-refractivity contribution in [3.05, 3.63) is 17.5 Å². The molecule has 0 aromatic carbocycles. The summed E-state index contributed by atoms with van der Waals surface area (Å²) < 4.78 is 25.0. The van der Waals surface area contributed by atoms with Crippen LogP contribution >= 0.6 is 12.2 Å². The van der Waals surface area contributed by atoms with Crippen LogP contribution in [0.25, 0.3) is 0 Å². The Labute approximate surface area is 124 Å². The minimum absolute atomic E-state index is 0.187.